The van der Waals surface area contributed by atoms with Crippen molar-refractivity contribution >= 4 is 27.5 Å². The first-order valence-electron chi connectivity index (χ1n) is 9.08. The lowest BCUT2D eigenvalue weighted by molar-refractivity contribution is 0.174. The number of rotatable bonds is 4. The van der Waals surface area contributed by atoms with Gasteiger partial charge in [-0.15, -0.1) is 0 Å². The van der Waals surface area contributed by atoms with Gasteiger partial charge < -0.3 is 19.5 Å². The fraction of sp³-hybridized carbons (Fsp3) is 0.182. The minimum atomic E-state index is 0.251. The largest absolute Gasteiger partial charge is 0.481 e. The summed E-state index contributed by atoms with van der Waals surface area (Å²) in [7, 11) is 3.53. The second-order valence-electron chi connectivity index (χ2n) is 6.66. The van der Waals surface area contributed by atoms with Crippen LogP contribution in [-0.4, -0.2) is 30.9 Å². The smallest absolute Gasteiger partial charge is 0.231 e. The van der Waals surface area contributed by atoms with Crippen LogP contribution in [0.15, 0.2) is 48.7 Å². The van der Waals surface area contributed by atoms with E-state index in [1.807, 2.05) is 43.6 Å². The molecule has 2 aromatic carbocycles. The molecule has 0 saturated carbocycles. The molecule has 0 bridgehead atoms. The van der Waals surface area contributed by atoms with Crippen molar-refractivity contribution < 1.29 is 14.2 Å². The number of fused-ring (bicyclic) bond motifs is 3. The van der Waals surface area contributed by atoms with Gasteiger partial charge in [-0.3, -0.25) is 0 Å². The number of nitrogens with zero attached hydrogens (tertiary/aromatic N) is 2. The van der Waals surface area contributed by atoms with E-state index in [0.717, 1.165) is 50.1 Å². The van der Waals surface area contributed by atoms with E-state index in [4.69, 9.17) is 19.2 Å². The average molecular weight is 373 g/mol. The summed E-state index contributed by atoms with van der Waals surface area (Å²) in [6, 6.07) is 14.2. The van der Waals surface area contributed by atoms with Crippen LogP contribution in [0, 0.1) is 0 Å². The molecule has 0 aliphatic carbocycles. The maximum atomic E-state index is 5.51. The Morgan fingerprint density at radius 2 is 1.82 bits per heavy atom. The Balaban J connectivity index is 1.63. The summed E-state index contributed by atoms with van der Waals surface area (Å²) in [4.78, 5) is 9.28. The SMILES string of the molecule is CNc1nc2cc3c(cc2cc1Cc1cnc(OC)c2ccccc12)OCO3. The highest BCUT2D eigenvalue weighted by molar-refractivity contribution is 5.90. The zero-order chi connectivity index (χ0) is 19.1. The molecule has 140 valence electrons. The van der Waals surface area contributed by atoms with E-state index in [-0.39, 0.29) is 6.79 Å². The second-order valence-corrected chi connectivity index (χ2v) is 6.66. The number of nitrogens with one attached hydrogen (secondary N) is 1. The monoisotopic (exact) mass is 373 g/mol. The normalized spacial score (nSPS) is 12.5. The van der Waals surface area contributed by atoms with Gasteiger partial charge in [-0.25, -0.2) is 9.97 Å². The number of methoxy groups -OCH3 is 1. The molecular formula is C22H19N3O3. The number of anilines is 1. The Hall–Kier alpha value is -3.54. The first kappa shape index (κ1) is 16.6. The van der Waals surface area contributed by atoms with Crippen molar-refractivity contribution in [3.63, 3.8) is 0 Å². The van der Waals surface area contributed by atoms with Crippen molar-refractivity contribution in [2.24, 2.45) is 0 Å². The lowest BCUT2D eigenvalue weighted by atomic mass is 9.99. The third kappa shape index (κ3) is 2.65. The van der Waals surface area contributed by atoms with E-state index < -0.39 is 0 Å². The van der Waals surface area contributed by atoms with Crippen LogP contribution >= 0.6 is 0 Å². The average Bonchev–Trinajstić information content (AvgIpc) is 3.19. The molecule has 0 fully saturated rings. The van der Waals surface area contributed by atoms with Crippen LogP contribution in [-0.2, 0) is 6.42 Å². The van der Waals surface area contributed by atoms with Crippen molar-refractivity contribution in [3.05, 3.63) is 59.8 Å². The van der Waals surface area contributed by atoms with E-state index in [2.05, 4.69) is 22.4 Å². The number of aromatic nitrogens is 2. The molecule has 1 N–H and O–H groups in total. The van der Waals surface area contributed by atoms with Gasteiger partial charge in [-0.2, -0.15) is 0 Å². The molecule has 0 spiro atoms. The third-order valence-corrected chi connectivity index (χ3v) is 5.04. The van der Waals surface area contributed by atoms with Crippen molar-refractivity contribution in [1.29, 1.82) is 0 Å². The van der Waals surface area contributed by atoms with Crippen LogP contribution in [0.2, 0.25) is 0 Å². The molecule has 0 radical (unpaired) electrons. The summed E-state index contributed by atoms with van der Waals surface area (Å²) < 4.78 is 16.4. The van der Waals surface area contributed by atoms with Gasteiger partial charge in [-0.1, -0.05) is 18.2 Å². The van der Waals surface area contributed by atoms with Crippen LogP contribution in [0.1, 0.15) is 11.1 Å². The molecule has 28 heavy (non-hydrogen) atoms. The van der Waals surface area contributed by atoms with E-state index in [9.17, 15) is 0 Å². The highest BCUT2D eigenvalue weighted by Gasteiger charge is 2.17. The van der Waals surface area contributed by atoms with Gasteiger partial charge in [0.2, 0.25) is 12.7 Å². The summed E-state index contributed by atoms with van der Waals surface area (Å²) >= 11 is 0. The molecule has 0 amide bonds. The number of hydrogen-bond acceptors (Lipinski definition) is 6. The Morgan fingerprint density at radius 1 is 1.04 bits per heavy atom. The molecule has 1 aliphatic heterocycles. The number of benzene rings is 2. The quantitative estimate of drug-likeness (QED) is 0.580. The first-order chi connectivity index (χ1) is 13.8. The summed E-state index contributed by atoms with van der Waals surface area (Å²) in [5, 5.41) is 6.37. The lowest BCUT2D eigenvalue weighted by Crippen LogP contribution is -2.02. The van der Waals surface area contributed by atoms with Crippen LogP contribution in [0.5, 0.6) is 17.4 Å². The van der Waals surface area contributed by atoms with Gasteiger partial charge in [0.25, 0.3) is 0 Å². The van der Waals surface area contributed by atoms with E-state index in [1.165, 1.54) is 0 Å². The molecule has 2 aromatic heterocycles. The van der Waals surface area contributed by atoms with Crippen LogP contribution < -0.4 is 19.5 Å². The fourth-order valence-electron chi connectivity index (χ4n) is 3.69. The van der Waals surface area contributed by atoms with E-state index >= 15 is 0 Å². The first-order valence-corrected chi connectivity index (χ1v) is 9.08. The fourth-order valence-corrected chi connectivity index (χ4v) is 3.69. The molecule has 4 aromatic rings. The predicted molar refractivity (Wildman–Crippen MR) is 109 cm³/mol. The Bertz CT molecular complexity index is 1210. The van der Waals surface area contributed by atoms with Crippen LogP contribution in [0.4, 0.5) is 5.82 Å². The van der Waals surface area contributed by atoms with Gasteiger partial charge in [0.05, 0.1) is 12.6 Å². The molecule has 6 nitrogen and oxygen atoms in total. The van der Waals surface area contributed by atoms with E-state index in [0.29, 0.717) is 12.3 Å². The van der Waals surface area contributed by atoms with Crippen molar-refractivity contribution in [3.8, 4) is 17.4 Å². The van der Waals surface area contributed by atoms with Gasteiger partial charge >= 0.3 is 0 Å². The maximum absolute atomic E-state index is 5.51. The maximum Gasteiger partial charge on any atom is 0.231 e. The summed E-state index contributed by atoms with van der Waals surface area (Å²) in [6.45, 7) is 0.251. The standard InChI is InChI=1S/C22H19N3O3/c1-23-21-14(7-13-9-19-20(28-12-27-19)10-18(13)25-21)8-15-11-24-22(26-2)17-6-4-3-5-16(15)17/h3-7,9-11H,8,12H2,1-2H3,(H,23,25). The minimum Gasteiger partial charge on any atom is -0.481 e. The summed E-state index contributed by atoms with van der Waals surface area (Å²) in [5.41, 5.74) is 3.08. The Morgan fingerprint density at radius 3 is 2.61 bits per heavy atom. The molecule has 6 heteroatoms. The zero-order valence-corrected chi connectivity index (χ0v) is 15.7. The molecule has 5 rings (SSSR count). The van der Waals surface area contributed by atoms with Gasteiger partial charge in [0.1, 0.15) is 5.82 Å². The molecular weight excluding hydrogens is 354 g/mol. The van der Waals surface area contributed by atoms with Crippen LogP contribution in [0.25, 0.3) is 21.7 Å². The number of hydrogen-bond donors (Lipinski definition) is 1. The van der Waals surface area contributed by atoms with Crippen molar-refractivity contribution in [1.82, 2.24) is 9.97 Å². The Kier molecular flexibility index (Phi) is 3.90. The Labute approximate surface area is 162 Å². The van der Waals surface area contributed by atoms with Gasteiger partial charge in [0, 0.05) is 36.5 Å². The third-order valence-electron chi connectivity index (χ3n) is 5.04. The van der Waals surface area contributed by atoms with Crippen molar-refractivity contribution in [2.75, 3.05) is 26.3 Å². The molecule has 0 unspecified atom stereocenters. The predicted octanol–water partition coefficient (Wildman–Crippen LogP) is 4.15. The van der Waals surface area contributed by atoms with Gasteiger partial charge in [-0.05, 0) is 34.7 Å². The van der Waals surface area contributed by atoms with Gasteiger partial charge in [0.15, 0.2) is 11.5 Å². The zero-order valence-electron chi connectivity index (χ0n) is 15.7. The minimum absolute atomic E-state index is 0.251. The topological polar surface area (TPSA) is 65.5 Å². The van der Waals surface area contributed by atoms with E-state index in [1.54, 1.807) is 7.11 Å². The lowest BCUT2D eigenvalue weighted by Gasteiger charge is -2.13. The van der Waals surface area contributed by atoms with Crippen molar-refractivity contribution in [2.45, 2.75) is 6.42 Å². The number of pyridine rings is 2. The second kappa shape index (κ2) is 6.56. The number of ether oxygens (including phenoxy) is 3. The highest BCUT2D eigenvalue weighted by Crippen LogP contribution is 2.37. The highest BCUT2D eigenvalue weighted by atomic mass is 16.7. The molecule has 0 saturated heterocycles. The molecule has 0 atom stereocenters. The summed E-state index contributed by atoms with van der Waals surface area (Å²) in [5.74, 6) is 2.97. The van der Waals surface area contributed by atoms with Crippen LogP contribution in [0.3, 0.4) is 0 Å². The molecule has 1 aliphatic rings. The summed E-state index contributed by atoms with van der Waals surface area (Å²) in [6.07, 6.45) is 2.58. The molecule has 3 heterocycles.